The lowest BCUT2D eigenvalue weighted by molar-refractivity contribution is -0.123. The minimum absolute atomic E-state index is 0.175. The van der Waals surface area contributed by atoms with Gasteiger partial charge in [0, 0.05) is 10.7 Å². The molecule has 182 valence electrons. The van der Waals surface area contributed by atoms with Gasteiger partial charge in [-0.2, -0.15) is 5.10 Å². The van der Waals surface area contributed by atoms with Crippen molar-refractivity contribution in [3.05, 3.63) is 82.9 Å². The van der Waals surface area contributed by atoms with Crippen LogP contribution < -0.4 is 25.0 Å². The number of hydrazone groups is 1. The normalized spacial score (nSPS) is 10.6. The number of anilines is 1. The number of halogens is 1. The van der Waals surface area contributed by atoms with Gasteiger partial charge in [-0.3, -0.25) is 9.59 Å². The lowest BCUT2D eigenvalue weighted by Crippen LogP contribution is -2.24. The molecule has 0 saturated carbocycles. The van der Waals surface area contributed by atoms with Crippen molar-refractivity contribution in [1.29, 1.82) is 0 Å². The summed E-state index contributed by atoms with van der Waals surface area (Å²) in [6.45, 7) is 3.80. The number of hydrogen-bond donors (Lipinski definition) is 2. The first-order chi connectivity index (χ1) is 16.9. The lowest BCUT2D eigenvalue weighted by atomic mass is 10.2. The van der Waals surface area contributed by atoms with Crippen LogP contribution in [-0.2, 0) is 9.59 Å². The highest BCUT2D eigenvalue weighted by atomic mass is 35.5. The Morgan fingerprint density at radius 2 is 1.66 bits per heavy atom. The van der Waals surface area contributed by atoms with Crippen LogP contribution in [0.1, 0.15) is 18.1 Å². The highest BCUT2D eigenvalue weighted by Crippen LogP contribution is 2.28. The number of carbonyl (C=O) groups excluding carboxylic acids is 2. The molecule has 3 aromatic rings. The molecule has 0 radical (unpaired) electrons. The van der Waals surface area contributed by atoms with E-state index in [0.717, 1.165) is 11.3 Å². The third-order valence-electron chi connectivity index (χ3n) is 4.63. The van der Waals surface area contributed by atoms with Gasteiger partial charge in [-0.1, -0.05) is 29.8 Å². The van der Waals surface area contributed by atoms with Crippen LogP contribution in [0.4, 0.5) is 5.69 Å². The molecule has 3 aromatic carbocycles. The van der Waals surface area contributed by atoms with E-state index in [1.165, 1.54) is 6.21 Å². The van der Waals surface area contributed by atoms with Gasteiger partial charge in [-0.15, -0.1) is 0 Å². The Bertz CT molecular complexity index is 1180. The molecule has 0 spiro atoms. The molecule has 3 rings (SSSR count). The average molecular weight is 496 g/mol. The molecule has 2 amide bonds. The molecule has 0 aliphatic heterocycles. The predicted molar refractivity (Wildman–Crippen MR) is 136 cm³/mol. The summed E-state index contributed by atoms with van der Waals surface area (Å²) in [6.07, 6.45) is 1.47. The average Bonchev–Trinajstić information content (AvgIpc) is 2.85. The first-order valence-electron chi connectivity index (χ1n) is 10.9. The Balaban J connectivity index is 1.52. The van der Waals surface area contributed by atoms with Crippen molar-refractivity contribution in [3.63, 3.8) is 0 Å². The number of amides is 2. The van der Waals surface area contributed by atoms with Crippen LogP contribution in [0.5, 0.6) is 17.2 Å². The number of rotatable bonds is 11. The third kappa shape index (κ3) is 8.35. The maximum absolute atomic E-state index is 12.3. The van der Waals surface area contributed by atoms with E-state index in [9.17, 15) is 9.59 Å². The van der Waals surface area contributed by atoms with Crippen LogP contribution in [-0.4, -0.2) is 37.8 Å². The molecule has 35 heavy (non-hydrogen) atoms. The summed E-state index contributed by atoms with van der Waals surface area (Å²) in [5.74, 6) is 0.705. The second kappa shape index (κ2) is 13.0. The maximum Gasteiger partial charge on any atom is 0.277 e. The summed E-state index contributed by atoms with van der Waals surface area (Å²) < 4.78 is 16.7. The quantitative estimate of drug-likeness (QED) is 0.299. The van der Waals surface area contributed by atoms with Crippen molar-refractivity contribution in [3.8, 4) is 17.2 Å². The van der Waals surface area contributed by atoms with Crippen LogP contribution in [0.3, 0.4) is 0 Å². The third-order valence-corrected chi connectivity index (χ3v) is 4.88. The number of para-hydroxylation sites is 1. The molecule has 0 bridgehead atoms. The highest BCUT2D eigenvalue weighted by Gasteiger charge is 2.10. The summed E-state index contributed by atoms with van der Waals surface area (Å²) >= 11 is 5.82. The van der Waals surface area contributed by atoms with Crippen LogP contribution in [0.15, 0.2) is 71.8 Å². The van der Waals surface area contributed by atoms with Crippen molar-refractivity contribution >= 4 is 35.3 Å². The minimum Gasteiger partial charge on any atom is -0.490 e. The van der Waals surface area contributed by atoms with Crippen LogP contribution in [0.2, 0.25) is 5.02 Å². The molecule has 0 heterocycles. The van der Waals surface area contributed by atoms with E-state index < -0.39 is 5.91 Å². The zero-order valence-electron chi connectivity index (χ0n) is 19.4. The number of nitrogens with one attached hydrogen (secondary N) is 2. The molecule has 2 N–H and O–H groups in total. The molecule has 9 heteroatoms. The molecule has 0 fully saturated rings. The summed E-state index contributed by atoms with van der Waals surface area (Å²) in [5.41, 5.74) is 4.77. The standard InChI is InChI=1S/C26H26ClN3O5/c1-3-33-24-14-19(15-28-30-26(32)17-34-21-11-9-20(27)10-12-21)8-13-23(24)35-16-25(31)29-22-7-5-4-6-18(22)2/h4-15H,3,16-17H2,1-2H3,(H,29,31)(H,30,32)/b28-15-. The molecule has 0 aliphatic carbocycles. The number of carbonyl (C=O) groups is 2. The molecule has 8 nitrogen and oxygen atoms in total. The van der Waals surface area contributed by atoms with Crippen molar-refractivity contribution < 1.29 is 23.8 Å². The van der Waals surface area contributed by atoms with E-state index in [-0.39, 0.29) is 19.1 Å². The summed E-state index contributed by atoms with van der Waals surface area (Å²) in [7, 11) is 0. The van der Waals surface area contributed by atoms with Crippen molar-refractivity contribution in [2.24, 2.45) is 5.10 Å². The van der Waals surface area contributed by atoms with Gasteiger partial charge in [0.1, 0.15) is 5.75 Å². The Morgan fingerprint density at radius 3 is 2.40 bits per heavy atom. The van der Waals surface area contributed by atoms with Gasteiger partial charge < -0.3 is 19.5 Å². The van der Waals surface area contributed by atoms with Gasteiger partial charge in [0.15, 0.2) is 24.7 Å². The lowest BCUT2D eigenvalue weighted by Gasteiger charge is -2.13. The molecular weight excluding hydrogens is 470 g/mol. The van der Waals surface area contributed by atoms with Gasteiger partial charge in [0.05, 0.1) is 12.8 Å². The van der Waals surface area contributed by atoms with Gasteiger partial charge >= 0.3 is 0 Å². The summed E-state index contributed by atoms with van der Waals surface area (Å²) in [4.78, 5) is 24.2. The van der Waals surface area contributed by atoms with Crippen molar-refractivity contribution in [2.45, 2.75) is 13.8 Å². The second-order valence-corrected chi connectivity index (χ2v) is 7.76. The monoisotopic (exact) mass is 495 g/mol. The predicted octanol–water partition coefficient (Wildman–Crippen LogP) is 4.59. The number of nitrogens with zero attached hydrogens (tertiary/aromatic N) is 1. The Labute approximate surface area is 208 Å². The van der Waals surface area contributed by atoms with E-state index in [1.807, 2.05) is 38.1 Å². The van der Waals surface area contributed by atoms with Gasteiger partial charge in [-0.25, -0.2) is 5.43 Å². The fourth-order valence-electron chi connectivity index (χ4n) is 2.93. The number of hydrogen-bond acceptors (Lipinski definition) is 6. The number of benzene rings is 3. The zero-order valence-corrected chi connectivity index (χ0v) is 20.2. The van der Waals surface area contributed by atoms with Crippen molar-refractivity contribution in [2.75, 3.05) is 25.1 Å². The first-order valence-corrected chi connectivity index (χ1v) is 11.3. The zero-order chi connectivity index (χ0) is 25.0. The molecule has 0 atom stereocenters. The number of aryl methyl sites for hydroxylation is 1. The molecule has 0 unspecified atom stereocenters. The van der Waals surface area contributed by atoms with Gasteiger partial charge in [0.25, 0.3) is 11.8 Å². The van der Waals surface area contributed by atoms with E-state index in [2.05, 4.69) is 15.8 Å². The Kier molecular flexibility index (Phi) is 9.50. The maximum atomic E-state index is 12.3. The minimum atomic E-state index is -0.416. The van der Waals surface area contributed by atoms with Gasteiger partial charge in [-0.05, 0) is 73.5 Å². The van der Waals surface area contributed by atoms with E-state index in [4.69, 9.17) is 25.8 Å². The highest BCUT2D eigenvalue weighted by molar-refractivity contribution is 6.30. The smallest absolute Gasteiger partial charge is 0.277 e. The van der Waals surface area contributed by atoms with Crippen molar-refractivity contribution in [1.82, 2.24) is 5.43 Å². The van der Waals surface area contributed by atoms with Crippen LogP contribution in [0, 0.1) is 6.92 Å². The molecule has 0 saturated heterocycles. The Hall–Kier alpha value is -4.04. The summed E-state index contributed by atoms with van der Waals surface area (Å²) in [5, 5.41) is 7.35. The SMILES string of the molecule is CCOc1cc(/C=N\NC(=O)COc2ccc(Cl)cc2)ccc1OCC(=O)Nc1ccccc1C. The molecule has 0 aliphatic rings. The fraction of sp³-hybridized carbons (Fsp3) is 0.192. The summed E-state index contributed by atoms with van der Waals surface area (Å²) in [6, 6.07) is 19.3. The van der Waals surface area contributed by atoms with Crippen LogP contribution >= 0.6 is 11.6 Å². The second-order valence-electron chi connectivity index (χ2n) is 7.33. The van der Waals surface area contributed by atoms with E-state index in [0.29, 0.717) is 34.4 Å². The topological polar surface area (TPSA) is 98.2 Å². The van der Waals surface area contributed by atoms with Crippen LogP contribution in [0.25, 0.3) is 0 Å². The first kappa shape index (κ1) is 25.6. The van der Waals surface area contributed by atoms with E-state index >= 15 is 0 Å². The largest absolute Gasteiger partial charge is 0.490 e. The Morgan fingerprint density at radius 1 is 0.914 bits per heavy atom. The molecule has 0 aromatic heterocycles. The molecular formula is C26H26ClN3O5. The number of ether oxygens (including phenoxy) is 3. The van der Waals surface area contributed by atoms with E-state index in [1.54, 1.807) is 42.5 Å². The fourth-order valence-corrected chi connectivity index (χ4v) is 3.05. The van der Waals surface area contributed by atoms with Gasteiger partial charge in [0.2, 0.25) is 0 Å².